The van der Waals surface area contributed by atoms with E-state index in [1.54, 1.807) is 7.11 Å². The molecule has 1 aromatic heterocycles. The minimum Gasteiger partial charge on any atom is -0.497 e. The maximum atomic E-state index is 5.22. The highest BCUT2D eigenvalue weighted by atomic mass is 16.5. The molecule has 0 saturated carbocycles. The second-order valence-electron chi connectivity index (χ2n) is 4.97. The molecule has 5 nitrogen and oxygen atoms in total. The van der Waals surface area contributed by atoms with E-state index in [0.29, 0.717) is 0 Å². The Labute approximate surface area is 119 Å². The van der Waals surface area contributed by atoms with E-state index in [1.165, 1.54) is 11.3 Å². The van der Waals surface area contributed by atoms with Crippen LogP contribution in [0.3, 0.4) is 0 Å². The van der Waals surface area contributed by atoms with Crippen molar-refractivity contribution in [3.8, 4) is 17.0 Å². The molecule has 5 heteroatoms. The first kappa shape index (κ1) is 13.0. The van der Waals surface area contributed by atoms with E-state index in [9.17, 15) is 0 Å². The molecule has 0 aliphatic carbocycles. The number of piperazine rings is 1. The molecule has 1 saturated heterocycles. The van der Waals surface area contributed by atoms with Gasteiger partial charge in [-0.15, -0.1) is 0 Å². The van der Waals surface area contributed by atoms with Crippen molar-refractivity contribution in [1.29, 1.82) is 0 Å². The Bertz CT molecular complexity index is 570. The van der Waals surface area contributed by atoms with E-state index in [0.717, 1.165) is 37.6 Å². The second kappa shape index (κ2) is 5.54. The minimum atomic E-state index is 0.875. The van der Waals surface area contributed by atoms with Crippen LogP contribution >= 0.6 is 0 Å². The largest absolute Gasteiger partial charge is 0.497 e. The Balaban J connectivity index is 1.96. The molecule has 0 bridgehead atoms. The average molecular weight is 272 g/mol. The first-order valence-corrected chi connectivity index (χ1v) is 6.91. The number of benzene rings is 1. The van der Waals surface area contributed by atoms with Crippen molar-refractivity contribution in [2.45, 2.75) is 0 Å². The van der Waals surface area contributed by atoms with Crippen LogP contribution in [0.25, 0.3) is 11.3 Å². The monoisotopic (exact) mass is 272 g/mol. The number of nitrogens with zero attached hydrogens (tertiary/aromatic N) is 3. The highest BCUT2D eigenvalue weighted by Crippen LogP contribution is 2.31. The fraction of sp³-hybridized carbons (Fsp3) is 0.400. The summed E-state index contributed by atoms with van der Waals surface area (Å²) < 4.78 is 7.17. The van der Waals surface area contributed by atoms with Gasteiger partial charge >= 0.3 is 0 Å². The lowest BCUT2D eigenvalue weighted by Crippen LogP contribution is -2.43. The maximum Gasteiger partial charge on any atom is 0.118 e. The smallest absolute Gasteiger partial charge is 0.118 e. The van der Waals surface area contributed by atoms with Gasteiger partial charge in [-0.2, -0.15) is 5.10 Å². The van der Waals surface area contributed by atoms with Crippen molar-refractivity contribution in [2.75, 3.05) is 38.2 Å². The van der Waals surface area contributed by atoms with Crippen molar-refractivity contribution in [2.24, 2.45) is 7.05 Å². The molecule has 0 amide bonds. The quantitative estimate of drug-likeness (QED) is 0.919. The van der Waals surface area contributed by atoms with Crippen molar-refractivity contribution in [1.82, 2.24) is 15.1 Å². The lowest BCUT2D eigenvalue weighted by molar-refractivity contribution is 0.415. The van der Waals surface area contributed by atoms with Crippen LogP contribution in [0.5, 0.6) is 5.75 Å². The van der Waals surface area contributed by atoms with E-state index in [1.807, 2.05) is 30.1 Å². The van der Waals surface area contributed by atoms with Crippen LogP contribution in [0, 0.1) is 0 Å². The van der Waals surface area contributed by atoms with Gasteiger partial charge in [-0.25, -0.2) is 0 Å². The normalized spacial score (nSPS) is 15.4. The van der Waals surface area contributed by atoms with Gasteiger partial charge in [0.1, 0.15) is 5.75 Å². The topological polar surface area (TPSA) is 42.3 Å². The number of nitrogens with one attached hydrogen (secondary N) is 1. The molecule has 1 aliphatic heterocycles. The number of rotatable bonds is 3. The molecular formula is C15H20N4O. The van der Waals surface area contributed by atoms with Crippen LogP contribution in [0.1, 0.15) is 0 Å². The number of aromatic nitrogens is 2. The zero-order chi connectivity index (χ0) is 13.9. The predicted molar refractivity (Wildman–Crippen MR) is 80.3 cm³/mol. The Morgan fingerprint density at radius 2 is 1.85 bits per heavy atom. The van der Waals surface area contributed by atoms with Crippen molar-refractivity contribution in [3.63, 3.8) is 0 Å². The fourth-order valence-electron chi connectivity index (χ4n) is 2.65. The zero-order valence-electron chi connectivity index (χ0n) is 12.0. The molecule has 0 radical (unpaired) electrons. The van der Waals surface area contributed by atoms with Gasteiger partial charge in [0.15, 0.2) is 0 Å². The Hall–Kier alpha value is -2.01. The first-order valence-electron chi connectivity index (χ1n) is 6.91. The molecular weight excluding hydrogens is 252 g/mol. The number of aryl methyl sites for hydroxylation is 1. The summed E-state index contributed by atoms with van der Waals surface area (Å²) in [5.41, 5.74) is 3.54. The SMILES string of the molecule is COc1ccc(-c2c(N3CCNCC3)cnn2C)cc1. The van der Waals surface area contributed by atoms with E-state index in [4.69, 9.17) is 4.74 Å². The Kier molecular flexibility index (Phi) is 3.60. The van der Waals surface area contributed by atoms with Gasteiger partial charge in [-0.05, 0) is 24.3 Å². The van der Waals surface area contributed by atoms with Gasteiger partial charge in [0.05, 0.1) is 24.7 Å². The lowest BCUT2D eigenvalue weighted by Gasteiger charge is -2.29. The molecule has 2 heterocycles. The number of anilines is 1. The zero-order valence-corrected chi connectivity index (χ0v) is 12.0. The summed E-state index contributed by atoms with van der Waals surface area (Å²) in [6, 6.07) is 8.15. The highest BCUT2D eigenvalue weighted by molar-refractivity contribution is 5.75. The van der Waals surface area contributed by atoms with Crippen molar-refractivity contribution >= 4 is 5.69 Å². The number of hydrogen-bond acceptors (Lipinski definition) is 4. The molecule has 0 unspecified atom stereocenters. The Morgan fingerprint density at radius 3 is 2.50 bits per heavy atom. The average Bonchev–Trinajstić information content (AvgIpc) is 2.90. The third kappa shape index (κ3) is 2.36. The van der Waals surface area contributed by atoms with Crippen molar-refractivity contribution < 1.29 is 4.74 Å². The van der Waals surface area contributed by atoms with Gasteiger partial charge in [0, 0.05) is 38.8 Å². The highest BCUT2D eigenvalue weighted by Gasteiger charge is 2.18. The number of ether oxygens (including phenoxy) is 1. The van der Waals surface area contributed by atoms with E-state index in [-0.39, 0.29) is 0 Å². The molecule has 3 rings (SSSR count). The van der Waals surface area contributed by atoms with Gasteiger partial charge in [-0.3, -0.25) is 4.68 Å². The van der Waals surface area contributed by atoms with Crippen LogP contribution < -0.4 is 15.0 Å². The molecule has 0 spiro atoms. The molecule has 1 aromatic carbocycles. The van der Waals surface area contributed by atoms with Crippen molar-refractivity contribution in [3.05, 3.63) is 30.5 Å². The molecule has 106 valence electrons. The summed E-state index contributed by atoms with van der Waals surface area (Å²) >= 11 is 0. The molecule has 20 heavy (non-hydrogen) atoms. The van der Waals surface area contributed by atoms with Gasteiger partial charge < -0.3 is 15.0 Å². The predicted octanol–water partition coefficient (Wildman–Crippen LogP) is 1.51. The van der Waals surface area contributed by atoms with Crippen LogP contribution in [0.15, 0.2) is 30.5 Å². The summed E-state index contributed by atoms with van der Waals surface area (Å²) in [7, 11) is 3.68. The summed E-state index contributed by atoms with van der Waals surface area (Å²) in [6.07, 6.45) is 1.96. The van der Waals surface area contributed by atoms with Crippen LogP contribution in [0.2, 0.25) is 0 Å². The van der Waals surface area contributed by atoms with Gasteiger partial charge in [-0.1, -0.05) is 0 Å². The number of hydrogen-bond donors (Lipinski definition) is 1. The molecule has 0 atom stereocenters. The summed E-state index contributed by atoms with van der Waals surface area (Å²) in [5.74, 6) is 0.875. The van der Waals surface area contributed by atoms with E-state index in [2.05, 4.69) is 27.4 Å². The molecule has 1 N–H and O–H groups in total. The van der Waals surface area contributed by atoms with Crippen LogP contribution in [-0.4, -0.2) is 43.1 Å². The van der Waals surface area contributed by atoms with E-state index >= 15 is 0 Å². The molecule has 2 aromatic rings. The summed E-state index contributed by atoms with van der Waals surface area (Å²) in [4.78, 5) is 2.39. The third-order valence-corrected chi connectivity index (χ3v) is 3.74. The fourth-order valence-corrected chi connectivity index (χ4v) is 2.65. The maximum absolute atomic E-state index is 5.22. The summed E-state index contributed by atoms with van der Waals surface area (Å²) in [5, 5.41) is 7.81. The van der Waals surface area contributed by atoms with E-state index < -0.39 is 0 Å². The standard InChI is InChI=1S/C15H20N4O/c1-18-15(12-3-5-13(20-2)6-4-12)14(11-17-18)19-9-7-16-8-10-19/h3-6,11,16H,7-10H2,1-2H3. The Morgan fingerprint density at radius 1 is 1.15 bits per heavy atom. The first-order chi connectivity index (χ1) is 9.79. The second-order valence-corrected chi connectivity index (χ2v) is 4.97. The van der Waals surface area contributed by atoms with Gasteiger partial charge in [0.2, 0.25) is 0 Å². The van der Waals surface area contributed by atoms with Gasteiger partial charge in [0.25, 0.3) is 0 Å². The van der Waals surface area contributed by atoms with Crippen LogP contribution in [0.4, 0.5) is 5.69 Å². The molecule has 1 fully saturated rings. The lowest BCUT2D eigenvalue weighted by atomic mass is 10.1. The third-order valence-electron chi connectivity index (χ3n) is 3.74. The minimum absolute atomic E-state index is 0.875. The molecule has 1 aliphatic rings. The van der Waals surface area contributed by atoms with Crippen LogP contribution in [-0.2, 0) is 7.05 Å². The summed E-state index contributed by atoms with van der Waals surface area (Å²) in [6.45, 7) is 4.09. The number of methoxy groups -OCH3 is 1.